The average molecular weight is 309 g/mol. The van der Waals surface area contributed by atoms with Crippen molar-refractivity contribution in [1.29, 1.82) is 0 Å². The van der Waals surface area contributed by atoms with E-state index in [0.717, 1.165) is 4.47 Å². The zero-order chi connectivity index (χ0) is 12.8. The Morgan fingerprint density at radius 3 is 2.37 bits per heavy atom. The number of halogens is 1. The van der Waals surface area contributed by atoms with Gasteiger partial charge in [0.15, 0.2) is 0 Å². The van der Waals surface area contributed by atoms with E-state index in [4.69, 9.17) is 0 Å². The summed E-state index contributed by atoms with van der Waals surface area (Å²) in [5, 5.41) is 2.81. The van der Waals surface area contributed by atoms with Crippen molar-refractivity contribution in [2.45, 2.75) is 12.8 Å². The lowest BCUT2D eigenvalue weighted by Crippen LogP contribution is -2.09. The monoisotopic (exact) mass is 308 g/mol. The fourth-order valence-corrected chi connectivity index (χ4v) is 3.39. The summed E-state index contributed by atoms with van der Waals surface area (Å²) in [6.45, 7) is 0. The summed E-state index contributed by atoms with van der Waals surface area (Å²) in [5.74, 6) is 0. The van der Waals surface area contributed by atoms with Crippen molar-refractivity contribution in [2.24, 2.45) is 0 Å². The van der Waals surface area contributed by atoms with E-state index in [1.165, 1.54) is 40.3 Å². The number of hydrogen-bond donors (Lipinski definition) is 0. The number of hydrogen-bond acceptors (Lipinski definition) is 0. The van der Waals surface area contributed by atoms with E-state index in [9.17, 15) is 0 Å². The summed E-state index contributed by atoms with van der Waals surface area (Å²) in [6.07, 6.45) is 2.45. The maximum Gasteiger partial charge on any atom is 0.0181 e. The molecule has 0 atom stereocenters. The molecule has 0 bridgehead atoms. The molecule has 0 saturated heterocycles. The molecule has 0 spiro atoms. The van der Waals surface area contributed by atoms with Gasteiger partial charge < -0.3 is 0 Å². The van der Waals surface area contributed by atoms with Crippen molar-refractivity contribution in [3.05, 3.63) is 70.2 Å². The summed E-state index contributed by atoms with van der Waals surface area (Å²) in [6, 6.07) is 19.7. The predicted molar refractivity (Wildman–Crippen MR) is 84.5 cm³/mol. The molecular weight excluding hydrogens is 296 g/mol. The molecule has 3 aromatic carbocycles. The van der Waals surface area contributed by atoms with Crippen molar-refractivity contribution in [1.82, 2.24) is 0 Å². The van der Waals surface area contributed by atoms with E-state index in [1.807, 2.05) is 0 Å². The fraction of sp³-hybridized carbons (Fsp3) is 0.111. The van der Waals surface area contributed by atoms with Crippen LogP contribution in [-0.2, 0) is 12.8 Å². The van der Waals surface area contributed by atoms with Crippen LogP contribution in [0.15, 0.2) is 59.1 Å². The fourth-order valence-electron chi connectivity index (χ4n) is 2.99. The van der Waals surface area contributed by atoms with Gasteiger partial charge in [0, 0.05) is 4.47 Å². The Labute approximate surface area is 121 Å². The number of benzene rings is 3. The molecule has 0 nitrogen and oxygen atoms in total. The molecule has 0 fully saturated rings. The van der Waals surface area contributed by atoms with Gasteiger partial charge in [-0.1, -0.05) is 58.4 Å². The van der Waals surface area contributed by atoms with Crippen LogP contribution in [0.2, 0.25) is 0 Å². The summed E-state index contributed by atoms with van der Waals surface area (Å²) in [7, 11) is 0. The first-order valence-corrected chi connectivity index (χ1v) is 7.42. The SMILES string of the molecule is Brc1cccc(-c2cc3c(c4ccccc24)CC3)c1. The molecule has 0 radical (unpaired) electrons. The summed E-state index contributed by atoms with van der Waals surface area (Å²) in [4.78, 5) is 0. The van der Waals surface area contributed by atoms with Gasteiger partial charge in [0.25, 0.3) is 0 Å². The average Bonchev–Trinajstić information content (AvgIpc) is 2.39. The van der Waals surface area contributed by atoms with Gasteiger partial charge in [0.05, 0.1) is 0 Å². The minimum absolute atomic E-state index is 1.14. The van der Waals surface area contributed by atoms with Gasteiger partial charge in [0.1, 0.15) is 0 Å². The third kappa shape index (κ3) is 1.73. The van der Waals surface area contributed by atoms with Crippen molar-refractivity contribution >= 4 is 26.7 Å². The lowest BCUT2D eigenvalue weighted by Gasteiger charge is -2.23. The zero-order valence-electron chi connectivity index (χ0n) is 10.5. The standard InChI is InChI=1S/C18H13Br/c19-14-5-3-4-12(10-14)18-11-13-8-9-15(13)16-6-1-2-7-17(16)18/h1-7,10-11H,8-9H2. The number of rotatable bonds is 1. The quantitative estimate of drug-likeness (QED) is 0.567. The minimum atomic E-state index is 1.14. The molecular formula is C18H13Br. The van der Waals surface area contributed by atoms with Gasteiger partial charge in [-0.3, -0.25) is 0 Å². The van der Waals surface area contributed by atoms with E-state index in [0.29, 0.717) is 0 Å². The Bertz CT molecular complexity index is 787. The summed E-state index contributed by atoms with van der Waals surface area (Å²) >= 11 is 3.57. The van der Waals surface area contributed by atoms with Crippen molar-refractivity contribution in [3.8, 4) is 11.1 Å². The van der Waals surface area contributed by atoms with Crippen LogP contribution < -0.4 is 0 Å². The van der Waals surface area contributed by atoms with Gasteiger partial charge in [-0.25, -0.2) is 0 Å². The van der Waals surface area contributed by atoms with Gasteiger partial charge in [0.2, 0.25) is 0 Å². The first kappa shape index (κ1) is 11.2. The van der Waals surface area contributed by atoms with Gasteiger partial charge >= 0.3 is 0 Å². The Kier molecular flexibility index (Phi) is 2.49. The molecule has 0 N–H and O–H groups in total. The van der Waals surface area contributed by atoms with Crippen LogP contribution in [0.25, 0.3) is 21.9 Å². The highest BCUT2D eigenvalue weighted by atomic mass is 79.9. The van der Waals surface area contributed by atoms with Crippen LogP contribution in [0, 0.1) is 0 Å². The number of aryl methyl sites for hydroxylation is 2. The Hall–Kier alpha value is -1.60. The lowest BCUT2D eigenvalue weighted by atomic mass is 9.81. The molecule has 3 aromatic rings. The largest absolute Gasteiger partial charge is 0.0616 e. The first-order chi connectivity index (χ1) is 9.33. The van der Waals surface area contributed by atoms with Crippen LogP contribution >= 0.6 is 15.9 Å². The second-order valence-corrected chi connectivity index (χ2v) is 6.03. The molecule has 92 valence electrons. The second kappa shape index (κ2) is 4.21. The maximum atomic E-state index is 3.57. The maximum absolute atomic E-state index is 3.57. The predicted octanol–water partition coefficient (Wildman–Crippen LogP) is 5.37. The highest BCUT2D eigenvalue weighted by Crippen LogP contribution is 2.38. The molecule has 0 amide bonds. The van der Waals surface area contributed by atoms with Gasteiger partial charge in [-0.05, 0) is 58.0 Å². The molecule has 1 aliphatic rings. The minimum Gasteiger partial charge on any atom is -0.0616 e. The van der Waals surface area contributed by atoms with Crippen LogP contribution in [0.3, 0.4) is 0 Å². The Morgan fingerprint density at radius 2 is 1.63 bits per heavy atom. The van der Waals surface area contributed by atoms with Crippen LogP contribution in [0.1, 0.15) is 11.1 Å². The lowest BCUT2D eigenvalue weighted by molar-refractivity contribution is 0.852. The van der Waals surface area contributed by atoms with E-state index in [1.54, 1.807) is 5.56 Å². The van der Waals surface area contributed by atoms with Crippen molar-refractivity contribution in [2.75, 3.05) is 0 Å². The number of fused-ring (bicyclic) bond motifs is 3. The normalized spacial score (nSPS) is 13.1. The van der Waals surface area contributed by atoms with Crippen LogP contribution in [0.5, 0.6) is 0 Å². The molecule has 19 heavy (non-hydrogen) atoms. The molecule has 0 saturated carbocycles. The topological polar surface area (TPSA) is 0 Å². The van der Waals surface area contributed by atoms with Crippen molar-refractivity contribution < 1.29 is 0 Å². The zero-order valence-corrected chi connectivity index (χ0v) is 12.1. The van der Waals surface area contributed by atoms with E-state index >= 15 is 0 Å². The summed E-state index contributed by atoms with van der Waals surface area (Å²) < 4.78 is 1.14. The van der Waals surface area contributed by atoms with Gasteiger partial charge in [-0.2, -0.15) is 0 Å². The summed E-state index contributed by atoms with van der Waals surface area (Å²) in [5.41, 5.74) is 5.72. The Morgan fingerprint density at radius 1 is 0.789 bits per heavy atom. The highest BCUT2D eigenvalue weighted by Gasteiger charge is 2.18. The molecule has 1 aliphatic carbocycles. The second-order valence-electron chi connectivity index (χ2n) is 5.12. The Balaban J connectivity index is 2.07. The first-order valence-electron chi connectivity index (χ1n) is 6.62. The highest BCUT2D eigenvalue weighted by molar-refractivity contribution is 9.10. The molecule has 0 aromatic heterocycles. The van der Waals surface area contributed by atoms with Crippen molar-refractivity contribution in [3.63, 3.8) is 0 Å². The molecule has 0 aliphatic heterocycles. The third-order valence-electron chi connectivity index (χ3n) is 4.03. The van der Waals surface area contributed by atoms with Crippen LogP contribution in [-0.4, -0.2) is 0 Å². The van der Waals surface area contributed by atoms with E-state index < -0.39 is 0 Å². The molecule has 4 rings (SSSR count). The molecule has 0 unspecified atom stereocenters. The molecule has 1 heteroatoms. The van der Waals surface area contributed by atoms with E-state index in [2.05, 4.69) is 70.5 Å². The van der Waals surface area contributed by atoms with E-state index in [-0.39, 0.29) is 0 Å². The molecule has 0 heterocycles. The smallest absolute Gasteiger partial charge is 0.0181 e. The third-order valence-corrected chi connectivity index (χ3v) is 4.52. The van der Waals surface area contributed by atoms with Gasteiger partial charge in [-0.15, -0.1) is 0 Å². The van der Waals surface area contributed by atoms with Crippen LogP contribution in [0.4, 0.5) is 0 Å².